The zero-order chi connectivity index (χ0) is 10.4. The van der Waals surface area contributed by atoms with E-state index < -0.39 is 0 Å². The molecule has 0 radical (unpaired) electrons. The zero-order valence-electron chi connectivity index (χ0n) is 8.19. The predicted octanol–water partition coefficient (Wildman–Crippen LogP) is 2.04. The molecule has 14 heavy (non-hydrogen) atoms. The van der Waals surface area contributed by atoms with Crippen LogP contribution < -0.4 is 4.74 Å². The summed E-state index contributed by atoms with van der Waals surface area (Å²) in [5, 5.41) is 0. The molecule has 0 saturated heterocycles. The maximum absolute atomic E-state index is 11.4. The van der Waals surface area contributed by atoms with E-state index >= 15 is 0 Å². The lowest BCUT2D eigenvalue weighted by Crippen LogP contribution is -1.94. The smallest absolute Gasteiger partial charge is 0.188 e. The molecule has 3 nitrogen and oxygen atoms in total. The molecule has 1 aromatic rings. The second kappa shape index (κ2) is 5.07. The molecule has 0 fully saturated rings. The summed E-state index contributed by atoms with van der Waals surface area (Å²) in [6.07, 6.45) is 2.73. The van der Waals surface area contributed by atoms with Gasteiger partial charge in [0.05, 0.1) is 20.5 Å². The van der Waals surface area contributed by atoms with Gasteiger partial charge in [-0.1, -0.05) is 0 Å². The minimum Gasteiger partial charge on any atom is -0.504 e. The Labute approximate surface area is 83.0 Å². The summed E-state index contributed by atoms with van der Waals surface area (Å²) in [5.41, 5.74) is 0.610. The molecule has 0 atom stereocenters. The SMILES string of the molecule is COC=CC(=O)c1ccc(OC)cc1. The molecule has 0 saturated carbocycles. The van der Waals surface area contributed by atoms with Crippen molar-refractivity contribution in [2.75, 3.05) is 14.2 Å². The molecule has 0 aliphatic rings. The van der Waals surface area contributed by atoms with Gasteiger partial charge in [0.25, 0.3) is 0 Å². The minimum atomic E-state index is -0.0884. The quantitative estimate of drug-likeness (QED) is 0.416. The zero-order valence-corrected chi connectivity index (χ0v) is 8.19. The van der Waals surface area contributed by atoms with E-state index in [-0.39, 0.29) is 5.78 Å². The summed E-state index contributed by atoms with van der Waals surface area (Å²) in [6.45, 7) is 0. The van der Waals surface area contributed by atoms with Crippen LogP contribution in [0.25, 0.3) is 0 Å². The van der Waals surface area contributed by atoms with E-state index in [1.165, 1.54) is 19.4 Å². The van der Waals surface area contributed by atoms with Gasteiger partial charge >= 0.3 is 0 Å². The van der Waals surface area contributed by atoms with E-state index in [1.807, 2.05) is 0 Å². The van der Waals surface area contributed by atoms with Crippen molar-refractivity contribution in [1.29, 1.82) is 0 Å². The summed E-state index contributed by atoms with van der Waals surface area (Å²) < 4.78 is 9.63. The minimum absolute atomic E-state index is 0.0884. The molecular weight excluding hydrogens is 180 g/mol. The summed E-state index contributed by atoms with van der Waals surface area (Å²) in [6, 6.07) is 6.91. The van der Waals surface area contributed by atoms with E-state index in [4.69, 9.17) is 4.74 Å². The van der Waals surface area contributed by atoms with Crippen molar-refractivity contribution in [2.45, 2.75) is 0 Å². The number of ketones is 1. The van der Waals surface area contributed by atoms with Crippen LogP contribution in [0.2, 0.25) is 0 Å². The second-order valence-electron chi connectivity index (χ2n) is 2.63. The van der Waals surface area contributed by atoms with Gasteiger partial charge in [-0.3, -0.25) is 4.79 Å². The molecule has 0 aliphatic carbocycles. The van der Waals surface area contributed by atoms with Gasteiger partial charge in [0.1, 0.15) is 5.75 Å². The molecule has 0 amide bonds. The molecule has 0 bridgehead atoms. The maximum Gasteiger partial charge on any atom is 0.188 e. The first-order valence-corrected chi connectivity index (χ1v) is 4.15. The van der Waals surface area contributed by atoms with Crippen molar-refractivity contribution >= 4 is 5.78 Å². The van der Waals surface area contributed by atoms with Crippen molar-refractivity contribution < 1.29 is 14.3 Å². The molecule has 1 rings (SSSR count). The van der Waals surface area contributed by atoms with Crippen molar-refractivity contribution in [2.24, 2.45) is 0 Å². The molecule has 0 unspecified atom stereocenters. The topological polar surface area (TPSA) is 35.5 Å². The molecule has 0 spiro atoms. The number of rotatable bonds is 4. The summed E-state index contributed by atoms with van der Waals surface area (Å²) >= 11 is 0. The molecule has 1 aromatic carbocycles. The molecule has 0 aliphatic heterocycles. The summed E-state index contributed by atoms with van der Waals surface area (Å²) in [7, 11) is 3.08. The first-order valence-electron chi connectivity index (χ1n) is 4.15. The fraction of sp³-hybridized carbons (Fsp3) is 0.182. The largest absolute Gasteiger partial charge is 0.504 e. The standard InChI is InChI=1S/C11H12O3/c1-13-8-7-11(12)9-3-5-10(14-2)6-4-9/h3-8H,1-2H3. The van der Waals surface area contributed by atoms with Crippen LogP contribution in [0.4, 0.5) is 0 Å². The average Bonchev–Trinajstić information content (AvgIpc) is 2.26. The average molecular weight is 192 g/mol. The van der Waals surface area contributed by atoms with Crippen LogP contribution in [0, 0.1) is 0 Å². The van der Waals surface area contributed by atoms with Gasteiger partial charge in [-0.15, -0.1) is 0 Å². The molecule has 0 N–H and O–H groups in total. The Morgan fingerprint density at radius 1 is 1.21 bits per heavy atom. The Hall–Kier alpha value is -1.77. The Kier molecular flexibility index (Phi) is 3.73. The maximum atomic E-state index is 11.4. The highest BCUT2D eigenvalue weighted by Crippen LogP contribution is 2.11. The fourth-order valence-corrected chi connectivity index (χ4v) is 0.981. The van der Waals surface area contributed by atoms with Gasteiger partial charge in [-0.05, 0) is 24.3 Å². The highest BCUT2D eigenvalue weighted by Gasteiger charge is 2.00. The van der Waals surface area contributed by atoms with Crippen molar-refractivity contribution in [3.05, 3.63) is 42.2 Å². The number of methoxy groups -OCH3 is 2. The van der Waals surface area contributed by atoms with Crippen molar-refractivity contribution in [3.8, 4) is 5.75 Å². The molecule has 74 valence electrons. The first kappa shape index (κ1) is 10.3. The Morgan fingerprint density at radius 2 is 1.86 bits per heavy atom. The third-order valence-corrected chi connectivity index (χ3v) is 1.73. The van der Waals surface area contributed by atoms with Gasteiger partial charge in [0.2, 0.25) is 0 Å². The van der Waals surface area contributed by atoms with E-state index in [1.54, 1.807) is 31.4 Å². The fourth-order valence-electron chi connectivity index (χ4n) is 0.981. The van der Waals surface area contributed by atoms with Crippen molar-refractivity contribution in [1.82, 2.24) is 0 Å². The number of carbonyl (C=O) groups is 1. The van der Waals surface area contributed by atoms with Gasteiger partial charge in [0.15, 0.2) is 5.78 Å². The van der Waals surface area contributed by atoms with Crippen LogP contribution >= 0.6 is 0 Å². The Morgan fingerprint density at radius 3 is 2.36 bits per heavy atom. The molecule has 0 heterocycles. The van der Waals surface area contributed by atoms with Crippen LogP contribution in [0.5, 0.6) is 5.75 Å². The van der Waals surface area contributed by atoms with Crippen LogP contribution in [0.15, 0.2) is 36.6 Å². The monoisotopic (exact) mass is 192 g/mol. The van der Waals surface area contributed by atoms with Gasteiger partial charge in [-0.2, -0.15) is 0 Å². The predicted molar refractivity (Wildman–Crippen MR) is 53.5 cm³/mol. The Balaban J connectivity index is 2.76. The van der Waals surface area contributed by atoms with E-state index in [9.17, 15) is 4.79 Å². The van der Waals surface area contributed by atoms with Gasteiger partial charge < -0.3 is 9.47 Å². The molecule has 0 aromatic heterocycles. The van der Waals surface area contributed by atoms with Crippen LogP contribution in [0.1, 0.15) is 10.4 Å². The summed E-state index contributed by atoms with van der Waals surface area (Å²) in [5.74, 6) is 0.645. The number of hydrogen-bond acceptors (Lipinski definition) is 3. The van der Waals surface area contributed by atoms with E-state index in [0.29, 0.717) is 5.56 Å². The number of hydrogen-bond donors (Lipinski definition) is 0. The highest BCUT2D eigenvalue weighted by molar-refractivity contribution is 6.04. The second-order valence-corrected chi connectivity index (χ2v) is 2.63. The van der Waals surface area contributed by atoms with Crippen molar-refractivity contribution in [3.63, 3.8) is 0 Å². The number of benzene rings is 1. The lowest BCUT2D eigenvalue weighted by Gasteiger charge is -1.99. The lowest BCUT2D eigenvalue weighted by atomic mass is 10.1. The number of allylic oxidation sites excluding steroid dienone is 1. The van der Waals surface area contributed by atoms with Crippen LogP contribution in [0.3, 0.4) is 0 Å². The van der Waals surface area contributed by atoms with Crippen LogP contribution in [-0.2, 0) is 4.74 Å². The molecular formula is C11H12O3. The van der Waals surface area contributed by atoms with Crippen LogP contribution in [-0.4, -0.2) is 20.0 Å². The third-order valence-electron chi connectivity index (χ3n) is 1.73. The lowest BCUT2D eigenvalue weighted by molar-refractivity contribution is 0.104. The van der Waals surface area contributed by atoms with E-state index in [2.05, 4.69) is 4.74 Å². The van der Waals surface area contributed by atoms with E-state index in [0.717, 1.165) is 5.75 Å². The molecule has 3 heteroatoms. The Bertz CT molecular complexity index is 325. The summed E-state index contributed by atoms with van der Waals surface area (Å²) in [4.78, 5) is 11.4. The van der Waals surface area contributed by atoms with Gasteiger partial charge in [-0.25, -0.2) is 0 Å². The first-order chi connectivity index (χ1) is 6.77. The number of carbonyl (C=O) groups excluding carboxylic acids is 1. The number of ether oxygens (including phenoxy) is 2. The normalized spacial score (nSPS) is 10.1. The highest BCUT2D eigenvalue weighted by atomic mass is 16.5. The van der Waals surface area contributed by atoms with Gasteiger partial charge in [0, 0.05) is 11.6 Å². The third kappa shape index (κ3) is 2.62.